The number of carbonyl (C=O) groups is 1. The van der Waals surface area contributed by atoms with E-state index in [1.54, 1.807) is 0 Å². The number of nitrogens with one attached hydrogen (secondary N) is 2. The number of amides is 1. The zero-order valence-electron chi connectivity index (χ0n) is 12.7. The average Bonchev–Trinajstić information content (AvgIpc) is 2.57. The van der Waals surface area contributed by atoms with Gasteiger partial charge in [-0.1, -0.05) is 0 Å². The van der Waals surface area contributed by atoms with Crippen molar-refractivity contribution in [3.63, 3.8) is 0 Å². The van der Waals surface area contributed by atoms with Crippen molar-refractivity contribution in [1.82, 2.24) is 0 Å². The number of anilines is 2. The van der Waals surface area contributed by atoms with E-state index in [1.807, 2.05) is 6.07 Å². The third-order valence-electron chi connectivity index (χ3n) is 3.15. The molecule has 0 unspecified atom stereocenters. The summed E-state index contributed by atoms with van der Waals surface area (Å²) < 4.78 is 39.0. The molecule has 124 valence electrons. The molecule has 0 spiro atoms. The van der Waals surface area contributed by atoms with E-state index in [1.165, 1.54) is 43.3 Å². The van der Waals surface area contributed by atoms with Crippen molar-refractivity contribution < 1.29 is 17.6 Å². The van der Waals surface area contributed by atoms with Gasteiger partial charge < -0.3 is 5.32 Å². The van der Waals surface area contributed by atoms with Crippen LogP contribution >= 0.6 is 0 Å². The van der Waals surface area contributed by atoms with E-state index >= 15 is 0 Å². The van der Waals surface area contributed by atoms with Gasteiger partial charge in [-0.15, -0.1) is 0 Å². The Morgan fingerprint density at radius 3 is 2.42 bits per heavy atom. The van der Waals surface area contributed by atoms with Crippen LogP contribution in [-0.4, -0.2) is 20.1 Å². The molecule has 2 N–H and O–H groups in total. The lowest BCUT2D eigenvalue weighted by molar-refractivity contribution is 0.102. The first kappa shape index (κ1) is 17.4. The van der Waals surface area contributed by atoms with Crippen LogP contribution in [0.3, 0.4) is 0 Å². The summed E-state index contributed by atoms with van der Waals surface area (Å²) in [4.78, 5) is 12.1. The lowest BCUT2D eigenvalue weighted by atomic mass is 10.1. The summed E-state index contributed by atoms with van der Waals surface area (Å²) in [6, 6.07) is 11.5. The van der Waals surface area contributed by atoms with Gasteiger partial charge in [0.2, 0.25) is 10.0 Å². The number of hydrogen-bond acceptors (Lipinski definition) is 4. The zero-order chi connectivity index (χ0) is 17.7. The molecule has 0 aliphatic heterocycles. The molecule has 1 amide bonds. The van der Waals surface area contributed by atoms with Crippen molar-refractivity contribution in [2.24, 2.45) is 0 Å². The summed E-state index contributed by atoms with van der Waals surface area (Å²) in [7, 11) is -3.58. The summed E-state index contributed by atoms with van der Waals surface area (Å²) in [6.07, 6.45) is 0. The molecule has 6 nitrogen and oxygen atoms in total. The van der Waals surface area contributed by atoms with E-state index in [2.05, 4.69) is 10.0 Å². The Kier molecular flexibility index (Phi) is 5.16. The first-order valence-corrected chi connectivity index (χ1v) is 8.61. The van der Waals surface area contributed by atoms with Crippen molar-refractivity contribution in [2.75, 3.05) is 15.8 Å². The number of hydrogen-bond donors (Lipinski definition) is 2. The number of benzene rings is 2. The third-order valence-corrected chi connectivity index (χ3v) is 4.44. The van der Waals surface area contributed by atoms with Gasteiger partial charge in [-0.05, 0) is 49.4 Å². The minimum absolute atomic E-state index is 0.177. The van der Waals surface area contributed by atoms with Crippen LogP contribution in [0.4, 0.5) is 15.8 Å². The van der Waals surface area contributed by atoms with Gasteiger partial charge in [0.25, 0.3) is 5.91 Å². The molecular weight excluding hydrogens is 333 g/mol. The molecule has 0 aromatic heterocycles. The van der Waals surface area contributed by atoms with Crippen LogP contribution in [0.5, 0.6) is 0 Å². The zero-order valence-corrected chi connectivity index (χ0v) is 13.5. The van der Waals surface area contributed by atoms with E-state index in [0.717, 1.165) is 6.07 Å². The molecule has 0 atom stereocenters. The standard InChI is InChI=1S/C16H14FN3O3S/c1-2-24(22,23)20-15-8-7-13(9-14(15)17)19-16(21)12-5-3-11(10-18)4-6-12/h3-9,20H,2H2,1H3,(H,19,21). The van der Waals surface area contributed by atoms with E-state index in [-0.39, 0.29) is 17.1 Å². The molecule has 0 aliphatic carbocycles. The predicted octanol–water partition coefficient (Wildman–Crippen LogP) is 2.71. The van der Waals surface area contributed by atoms with Gasteiger partial charge in [-0.25, -0.2) is 12.8 Å². The molecule has 2 rings (SSSR count). The van der Waals surface area contributed by atoms with Gasteiger partial charge in [0, 0.05) is 11.3 Å². The van der Waals surface area contributed by atoms with Crippen molar-refractivity contribution in [3.8, 4) is 6.07 Å². The van der Waals surface area contributed by atoms with Crippen LogP contribution in [0.1, 0.15) is 22.8 Å². The van der Waals surface area contributed by atoms with Crippen LogP contribution < -0.4 is 10.0 Å². The smallest absolute Gasteiger partial charge is 0.255 e. The molecule has 0 saturated carbocycles. The van der Waals surface area contributed by atoms with Gasteiger partial charge in [0.05, 0.1) is 23.1 Å². The quantitative estimate of drug-likeness (QED) is 0.868. The molecule has 24 heavy (non-hydrogen) atoms. The van der Waals surface area contributed by atoms with Gasteiger partial charge in [0.1, 0.15) is 5.82 Å². The van der Waals surface area contributed by atoms with E-state index in [4.69, 9.17) is 5.26 Å². The summed E-state index contributed by atoms with van der Waals surface area (Å²) in [5, 5.41) is 11.2. The largest absolute Gasteiger partial charge is 0.322 e. The molecule has 0 heterocycles. The maximum absolute atomic E-state index is 14.0. The number of nitriles is 1. The average molecular weight is 347 g/mol. The second-order valence-corrected chi connectivity index (χ2v) is 6.85. The van der Waals surface area contributed by atoms with Crippen LogP contribution in [0.15, 0.2) is 42.5 Å². The molecule has 0 saturated heterocycles. The molecule has 8 heteroatoms. The lowest BCUT2D eigenvalue weighted by Crippen LogP contribution is -2.16. The second-order valence-electron chi connectivity index (χ2n) is 4.84. The van der Waals surface area contributed by atoms with Crippen molar-refractivity contribution in [2.45, 2.75) is 6.92 Å². The summed E-state index contributed by atoms with van der Waals surface area (Å²) in [5.41, 5.74) is 0.727. The van der Waals surface area contributed by atoms with E-state index in [0.29, 0.717) is 11.1 Å². The Labute approximate surface area is 139 Å². The topological polar surface area (TPSA) is 99.1 Å². The minimum Gasteiger partial charge on any atom is -0.322 e. The summed E-state index contributed by atoms with van der Waals surface area (Å²) in [5.74, 6) is -1.45. The highest BCUT2D eigenvalue weighted by Crippen LogP contribution is 2.20. The molecule has 0 bridgehead atoms. The highest BCUT2D eigenvalue weighted by atomic mass is 32.2. The first-order valence-electron chi connectivity index (χ1n) is 6.96. The number of rotatable bonds is 5. The normalized spacial score (nSPS) is 10.7. The third kappa shape index (κ3) is 4.30. The molecule has 0 aliphatic rings. The fourth-order valence-electron chi connectivity index (χ4n) is 1.81. The summed E-state index contributed by atoms with van der Waals surface area (Å²) in [6.45, 7) is 1.44. The second kappa shape index (κ2) is 7.10. The van der Waals surface area contributed by atoms with Crippen molar-refractivity contribution in [1.29, 1.82) is 5.26 Å². The SMILES string of the molecule is CCS(=O)(=O)Nc1ccc(NC(=O)c2ccc(C#N)cc2)cc1F. The molecule has 0 fully saturated rings. The highest BCUT2D eigenvalue weighted by Gasteiger charge is 2.12. The number of halogens is 1. The van der Waals surface area contributed by atoms with E-state index in [9.17, 15) is 17.6 Å². The molecule has 2 aromatic rings. The maximum Gasteiger partial charge on any atom is 0.255 e. The van der Waals surface area contributed by atoms with Crippen LogP contribution in [-0.2, 0) is 10.0 Å². The lowest BCUT2D eigenvalue weighted by Gasteiger charge is -2.10. The van der Waals surface area contributed by atoms with Crippen LogP contribution in [0.25, 0.3) is 0 Å². The molecular formula is C16H14FN3O3S. The number of nitrogens with zero attached hydrogens (tertiary/aromatic N) is 1. The summed E-state index contributed by atoms with van der Waals surface area (Å²) >= 11 is 0. The minimum atomic E-state index is -3.58. The van der Waals surface area contributed by atoms with Gasteiger partial charge in [-0.2, -0.15) is 5.26 Å². The van der Waals surface area contributed by atoms with Gasteiger partial charge in [0.15, 0.2) is 0 Å². The number of carbonyl (C=O) groups excluding carboxylic acids is 1. The molecule has 0 radical (unpaired) electrons. The Morgan fingerprint density at radius 2 is 1.88 bits per heavy atom. The Bertz CT molecular complexity index is 903. The monoisotopic (exact) mass is 347 g/mol. The van der Waals surface area contributed by atoms with E-state index < -0.39 is 21.7 Å². The van der Waals surface area contributed by atoms with Gasteiger partial charge in [-0.3, -0.25) is 9.52 Å². The number of sulfonamides is 1. The molecule has 2 aromatic carbocycles. The van der Waals surface area contributed by atoms with Gasteiger partial charge >= 0.3 is 0 Å². The first-order chi connectivity index (χ1) is 11.3. The Balaban J connectivity index is 2.14. The highest BCUT2D eigenvalue weighted by molar-refractivity contribution is 7.92. The Morgan fingerprint density at radius 1 is 1.21 bits per heavy atom. The Hall–Kier alpha value is -2.92. The van der Waals surface area contributed by atoms with Crippen LogP contribution in [0.2, 0.25) is 0 Å². The fourth-order valence-corrected chi connectivity index (χ4v) is 2.46. The maximum atomic E-state index is 14.0. The van der Waals surface area contributed by atoms with Crippen molar-refractivity contribution >= 4 is 27.3 Å². The van der Waals surface area contributed by atoms with Crippen LogP contribution in [0, 0.1) is 17.1 Å². The fraction of sp³-hybridized carbons (Fsp3) is 0.125. The predicted molar refractivity (Wildman–Crippen MR) is 88.6 cm³/mol. The van der Waals surface area contributed by atoms with Crippen molar-refractivity contribution in [3.05, 3.63) is 59.4 Å².